The number of aryl methyl sites for hydroxylation is 2. The van der Waals surface area contributed by atoms with Gasteiger partial charge in [-0.2, -0.15) is 26.2 Å². The summed E-state index contributed by atoms with van der Waals surface area (Å²) in [6.07, 6.45) is 1.96. The van der Waals surface area contributed by atoms with E-state index < -0.39 is 15.6 Å². The molecule has 0 unspecified atom stereocenters. The van der Waals surface area contributed by atoms with Crippen molar-refractivity contribution in [2.45, 2.75) is 30.3 Å². The van der Waals surface area contributed by atoms with Gasteiger partial charge < -0.3 is 0 Å². The molecule has 2 aromatic rings. The Hall–Kier alpha value is -1.32. The first-order chi connectivity index (χ1) is 10.6. The van der Waals surface area contributed by atoms with Crippen LogP contribution in [0.1, 0.15) is 12.0 Å². The summed E-state index contributed by atoms with van der Waals surface area (Å²) in [4.78, 5) is 0.101. The van der Waals surface area contributed by atoms with E-state index >= 15 is 0 Å². The van der Waals surface area contributed by atoms with Crippen molar-refractivity contribution < 1.29 is 30.7 Å². The third kappa shape index (κ3) is 5.36. The molecule has 4 nitrogen and oxygen atoms in total. The maximum absolute atomic E-state index is 12.5. The second kappa shape index (κ2) is 6.66. The van der Waals surface area contributed by atoms with E-state index in [4.69, 9.17) is 4.55 Å². The third-order valence-corrected chi connectivity index (χ3v) is 4.77. The van der Waals surface area contributed by atoms with Crippen molar-refractivity contribution in [2.75, 3.05) is 5.75 Å². The van der Waals surface area contributed by atoms with E-state index in [-0.39, 0.29) is 28.8 Å². The second-order valence-corrected chi connectivity index (χ2v) is 7.77. The van der Waals surface area contributed by atoms with E-state index in [1.807, 2.05) is 0 Å². The molecule has 0 spiro atoms. The van der Waals surface area contributed by atoms with E-state index in [1.165, 1.54) is 12.1 Å². The van der Waals surface area contributed by atoms with Crippen LogP contribution in [0.25, 0.3) is 10.9 Å². The standard InChI is InChI=1S/C14H14F3NO3S2/c1-10-5-7-18(6-2-8-23(19,20)21)13-4-3-11(9-12(10)13)22-14(15,16)17/h3-5,7,9H,2,6,8H2,1H3/p+1. The van der Waals surface area contributed by atoms with Gasteiger partial charge in [-0.3, -0.25) is 4.55 Å². The van der Waals surface area contributed by atoms with Crippen LogP contribution in [0.5, 0.6) is 0 Å². The molecule has 0 atom stereocenters. The highest BCUT2D eigenvalue weighted by Crippen LogP contribution is 2.37. The van der Waals surface area contributed by atoms with Gasteiger partial charge in [-0.15, -0.1) is 0 Å². The fourth-order valence-corrected chi connectivity index (χ4v) is 3.34. The van der Waals surface area contributed by atoms with Crippen LogP contribution in [0.4, 0.5) is 13.2 Å². The first-order valence-corrected chi connectivity index (χ1v) is 9.11. The van der Waals surface area contributed by atoms with E-state index in [0.717, 1.165) is 5.56 Å². The van der Waals surface area contributed by atoms with E-state index in [2.05, 4.69) is 0 Å². The lowest BCUT2D eigenvalue weighted by Gasteiger charge is -2.08. The monoisotopic (exact) mass is 366 g/mol. The van der Waals surface area contributed by atoms with Gasteiger partial charge in [0.05, 0.1) is 11.1 Å². The highest BCUT2D eigenvalue weighted by atomic mass is 32.2. The summed E-state index contributed by atoms with van der Waals surface area (Å²) >= 11 is -0.170. The maximum atomic E-state index is 12.5. The van der Waals surface area contributed by atoms with Crippen molar-refractivity contribution in [2.24, 2.45) is 0 Å². The highest BCUT2D eigenvalue weighted by Gasteiger charge is 2.29. The number of fused-ring (bicyclic) bond motifs is 1. The van der Waals surface area contributed by atoms with Gasteiger partial charge in [0.1, 0.15) is 6.54 Å². The van der Waals surface area contributed by atoms with Gasteiger partial charge in [0.15, 0.2) is 6.20 Å². The topological polar surface area (TPSA) is 58.2 Å². The molecule has 1 aromatic carbocycles. The summed E-state index contributed by atoms with van der Waals surface area (Å²) in [7, 11) is -4.02. The number of rotatable bonds is 5. The van der Waals surface area contributed by atoms with E-state index in [9.17, 15) is 21.6 Å². The zero-order chi connectivity index (χ0) is 17.3. The average Bonchev–Trinajstić information content (AvgIpc) is 2.38. The van der Waals surface area contributed by atoms with E-state index in [1.54, 1.807) is 29.8 Å². The molecule has 126 valence electrons. The zero-order valence-electron chi connectivity index (χ0n) is 12.2. The highest BCUT2D eigenvalue weighted by molar-refractivity contribution is 8.00. The zero-order valence-corrected chi connectivity index (χ0v) is 13.8. The minimum atomic E-state index is -4.35. The van der Waals surface area contributed by atoms with Gasteiger partial charge in [0, 0.05) is 23.4 Å². The number of benzene rings is 1. The molecule has 1 N–H and O–H groups in total. The van der Waals surface area contributed by atoms with Crippen LogP contribution in [0.2, 0.25) is 0 Å². The summed E-state index contributed by atoms with van der Waals surface area (Å²) in [5.74, 6) is -0.364. The van der Waals surface area contributed by atoms with Gasteiger partial charge in [0.25, 0.3) is 10.1 Å². The largest absolute Gasteiger partial charge is 0.446 e. The molecule has 0 amide bonds. The number of alkyl halides is 3. The minimum absolute atomic E-state index is 0.101. The van der Waals surface area contributed by atoms with Crippen molar-refractivity contribution in [1.29, 1.82) is 0 Å². The summed E-state index contributed by atoms with van der Waals surface area (Å²) in [5.41, 5.74) is -2.80. The number of aromatic nitrogens is 1. The van der Waals surface area contributed by atoms with Gasteiger partial charge >= 0.3 is 5.51 Å². The van der Waals surface area contributed by atoms with Gasteiger partial charge in [-0.1, -0.05) is 0 Å². The fraction of sp³-hybridized carbons (Fsp3) is 0.357. The normalized spacial score (nSPS) is 12.7. The number of nitrogens with zero attached hydrogens (tertiary/aromatic N) is 1. The number of thioether (sulfide) groups is 1. The molecular weight excluding hydrogens is 351 g/mol. The molecule has 2 rings (SSSR count). The molecule has 0 bridgehead atoms. The lowest BCUT2D eigenvalue weighted by atomic mass is 10.1. The first-order valence-electron chi connectivity index (χ1n) is 6.69. The molecule has 9 heteroatoms. The molecule has 0 saturated carbocycles. The SMILES string of the molecule is Cc1cc[n+](CCCS(=O)(=O)O)c2ccc(SC(F)(F)F)cc12. The predicted octanol–water partition coefficient (Wildman–Crippen LogP) is 3.33. The third-order valence-electron chi connectivity index (χ3n) is 3.24. The Kier molecular flexibility index (Phi) is 5.22. The smallest absolute Gasteiger partial charge is 0.286 e. The Bertz CT molecular complexity index is 820. The van der Waals surface area contributed by atoms with Gasteiger partial charge in [0.2, 0.25) is 5.52 Å². The van der Waals surface area contributed by atoms with Crippen LogP contribution in [-0.2, 0) is 16.7 Å². The Morgan fingerprint density at radius 1 is 1.26 bits per heavy atom. The fourth-order valence-electron chi connectivity index (χ4n) is 2.26. The van der Waals surface area contributed by atoms with Crippen LogP contribution in [-0.4, -0.2) is 24.2 Å². The molecule has 0 radical (unpaired) electrons. The molecule has 1 aromatic heterocycles. The summed E-state index contributed by atoms with van der Waals surface area (Å²) in [6, 6.07) is 6.21. The number of halogens is 3. The molecule has 0 aliphatic carbocycles. The Morgan fingerprint density at radius 3 is 2.57 bits per heavy atom. The summed E-state index contributed by atoms with van der Waals surface area (Å²) in [5, 5.41) is 0.675. The molecule has 0 aliphatic heterocycles. The van der Waals surface area contributed by atoms with Crippen LogP contribution < -0.4 is 4.57 Å². The van der Waals surface area contributed by atoms with Crippen molar-refractivity contribution >= 4 is 32.8 Å². The predicted molar refractivity (Wildman–Crippen MR) is 81.8 cm³/mol. The van der Waals surface area contributed by atoms with Crippen LogP contribution in [0.15, 0.2) is 35.4 Å². The Balaban J connectivity index is 2.32. The number of hydrogen-bond donors (Lipinski definition) is 1. The van der Waals surface area contributed by atoms with Crippen LogP contribution >= 0.6 is 11.8 Å². The van der Waals surface area contributed by atoms with Crippen LogP contribution in [0, 0.1) is 6.92 Å². The first kappa shape index (κ1) is 18.0. The lowest BCUT2D eigenvalue weighted by molar-refractivity contribution is -0.671. The lowest BCUT2D eigenvalue weighted by Crippen LogP contribution is -2.35. The van der Waals surface area contributed by atoms with E-state index in [0.29, 0.717) is 17.4 Å². The molecule has 0 fully saturated rings. The molecular formula is C14H15F3NO3S2+. The number of hydrogen-bond acceptors (Lipinski definition) is 3. The maximum Gasteiger partial charge on any atom is 0.446 e. The summed E-state index contributed by atoms with van der Waals surface area (Å²) < 4.78 is 69.4. The van der Waals surface area contributed by atoms with Crippen LogP contribution in [0.3, 0.4) is 0 Å². The molecule has 23 heavy (non-hydrogen) atoms. The van der Waals surface area contributed by atoms with Crippen molar-refractivity contribution in [3.8, 4) is 0 Å². The molecule has 0 saturated heterocycles. The van der Waals surface area contributed by atoms with Crippen molar-refractivity contribution in [1.82, 2.24) is 0 Å². The Morgan fingerprint density at radius 2 is 1.96 bits per heavy atom. The minimum Gasteiger partial charge on any atom is -0.286 e. The summed E-state index contributed by atoms with van der Waals surface area (Å²) in [6.45, 7) is 2.13. The van der Waals surface area contributed by atoms with Gasteiger partial charge in [-0.05, 0) is 36.4 Å². The number of pyridine rings is 1. The van der Waals surface area contributed by atoms with Crippen molar-refractivity contribution in [3.63, 3.8) is 0 Å². The second-order valence-electron chi connectivity index (χ2n) is 5.06. The quantitative estimate of drug-likeness (QED) is 0.501. The molecule has 0 aliphatic rings. The average molecular weight is 366 g/mol. The molecule has 1 heterocycles. The van der Waals surface area contributed by atoms with Crippen molar-refractivity contribution in [3.05, 3.63) is 36.0 Å². The Labute approximate surface area is 136 Å². The van der Waals surface area contributed by atoms with Gasteiger partial charge in [-0.25, -0.2) is 0 Å².